The van der Waals surface area contributed by atoms with Crippen LogP contribution in [-0.2, 0) is 77.5 Å². The third-order valence-electron chi connectivity index (χ3n) is 23.7. The van der Waals surface area contributed by atoms with Gasteiger partial charge in [0.15, 0.2) is 0 Å². The number of aromatic nitrogens is 8. The zero-order valence-electron chi connectivity index (χ0n) is 59.1. The smallest absolute Gasteiger partial charge is 0.140 e. The van der Waals surface area contributed by atoms with E-state index < -0.39 is 0 Å². The molecule has 4 unspecified atom stereocenters. The molecule has 0 radical (unpaired) electrons. The van der Waals surface area contributed by atoms with Gasteiger partial charge >= 0.3 is 0 Å². The molecule has 4 atom stereocenters. The van der Waals surface area contributed by atoms with E-state index in [0.29, 0.717) is 29.2 Å². The lowest BCUT2D eigenvalue weighted by Crippen LogP contribution is -2.31. The Bertz CT molecular complexity index is 4930. The summed E-state index contributed by atoms with van der Waals surface area (Å²) < 4.78 is 28.2. The van der Waals surface area contributed by atoms with Crippen LogP contribution in [0, 0.1) is 5.82 Å². The first-order valence-corrected chi connectivity index (χ1v) is 39.6. The Balaban J connectivity index is 0.000000103. The zero-order valence-corrected chi connectivity index (χ0v) is 62.9. The van der Waals surface area contributed by atoms with Gasteiger partial charge in [0.2, 0.25) is 0 Å². The normalized spacial score (nSPS) is 19.6. The molecule has 0 bridgehead atoms. The van der Waals surface area contributed by atoms with E-state index in [1.165, 1.54) is 179 Å². The van der Waals surface area contributed by atoms with Crippen LogP contribution in [0.2, 0.25) is 25.1 Å². The average molecular weight is 1490 g/mol. The minimum absolute atomic E-state index is 0.185. The number of benzene rings is 4. The summed E-state index contributed by atoms with van der Waals surface area (Å²) in [5.74, 6) is 0.718. The Hall–Kier alpha value is -7.34. The van der Waals surface area contributed by atoms with Crippen LogP contribution in [0.15, 0.2) is 152 Å². The number of pyridine rings is 4. The molecule has 0 saturated carbocycles. The molecular weight excluding hydrogens is 1400 g/mol. The predicted molar refractivity (Wildman–Crippen MR) is 420 cm³/mol. The molecule has 0 N–H and O–H groups in total. The number of fused-ring (bicyclic) bond motifs is 20. The van der Waals surface area contributed by atoms with Gasteiger partial charge in [0.1, 0.15) is 34.2 Å². The second-order valence-electron chi connectivity index (χ2n) is 29.5. The van der Waals surface area contributed by atoms with Crippen molar-refractivity contribution in [1.82, 2.24) is 57.8 Å². The van der Waals surface area contributed by atoms with Gasteiger partial charge in [-0.05, 0) is 208 Å². The van der Waals surface area contributed by atoms with Gasteiger partial charge in [-0.2, -0.15) is 0 Å². The quantitative estimate of drug-likeness (QED) is 0.112. The van der Waals surface area contributed by atoms with Crippen molar-refractivity contribution in [3.63, 3.8) is 0 Å². The highest BCUT2D eigenvalue weighted by Crippen LogP contribution is 2.48. The second kappa shape index (κ2) is 30.5. The number of hydrogen-bond donors (Lipinski definition) is 0. The standard InChI is InChI=1S/C22H24ClN3O.C21H21Cl2N3.C21H21ClFN3.C21H22ClN3/c1-27-17-6-4-15(5-7-17)8-12-26-20-9-11-25-10-2-3-19(25)21(20)18-13-16(23)14-24-22(18)26;22-15-5-3-14(4-6-15)7-11-26-19-8-10-25-9-1-2-18(25)20(19)17-12-16(23)13-24-21(17)26;22-15-12-17-20-18-2-1-9-25(18)10-8-19(20)26(21(17)24-13-15)11-7-14-3-5-16(23)6-4-14;22-16-13-17-20-18-7-4-10-24(18)11-9-19(20)25(21(17)23-14-16)12-8-15-5-2-1-3-6-15/h4-7,13-14,19H,2-3,8-12H2,1H3;2*3-6,12-13,18H,1-2,7-11H2;1-3,5-6,13-14,18H,4,7-12H2. The van der Waals surface area contributed by atoms with Gasteiger partial charge in [-0.15, -0.1) is 0 Å². The fourth-order valence-corrected chi connectivity index (χ4v) is 19.8. The molecule has 0 spiro atoms. The van der Waals surface area contributed by atoms with Crippen molar-refractivity contribution in [3.8, 4) is 5.75 Å². The molecule has 20 rings (SSSR count). The fraction of sp³-hybridized carbons (Fsp3) is 0.388. The van der Waals surface area contributed by atoms with Crippen LogP contribution in [0.5, 0.6) is 5.75 Å². The topological polar surface area (TPSA) is 93.5 Å². The highest BCUT2D eigenvalue weighted by atomic mass is 35.5. The number of aryl methyl sites for hydroxylation is 8. The summed E-state index contributed by atoms with van der Waals surface area (Å²) in [6, 6.07) is 44.7. The highest BCUT2D eigenvalue weighted by Gasteiger charge is 2.40. The Morgan fingerprint density at radius 2 is 0.644 bits per heavy atom. The maximum atomic E-state index is 13.2. The van der Waals surface area contributed by atoms with Crippen LogP contribution < -0.4 is 4.74 Å². The molecule has 4 fully saturated rings. The lowest BCUT2D eigenvalue weighted by atomic mass is 9.96. The van der Waals surface area contributed by atoms with Crippen LogP contribution in [0.1, 0.15) is 143 Å². The van der Waals surface area contributed by atoms with E-state index in [-0.39, 0.29) is 5.82 Å². The molecule has 4 saturated heterocycles. The lowest BCUT2D eigenvalue weighted by molar-refractivity contribution is 0.242. The number of hydrogen-bond acceptors (Lipinski definition) is 9. The molecule has 104 heavy (non-hydrogen) atoms. The number of methoxy groups -OCH3 is 1. The van der Waals surface area contributed by atoms with Crippen molar-refractivity contribution in [2.75, 3.05) is 59.5 Å². The van der Waals surface area contributed by atoms with Gasteiger partial charge < -0.3 is 23.0 Å². The van der Waals surface area contributed by atoms with E-state index in [2.05, 4.69) is 122 Å². The monoisotopic (exact) mass is 1490 g/mol. The van der Waals surface area contributed by atoms with Crippen LogP contribution in [-0.4, -0.2) is 117 Å². The molecule has 536 valence electrons. The Morgan fingerprint density at radius 3 is 0.952 bits per heavy atom. The molecule has 4 aromatic carbocycles. The molecule has 0 amide bonds. The SMILES string of the molecule is COc1ccc(CCn2c3c(c4cc(Cl)cnc42)C2CCCN2CC3)cc1.Clc1ccc(CCn2c3c(c4cc(Cl)cnc42)C2CCCN2CC3)cc1.Clc1cnc2c(c1)c1c(n2CCc2ccccc2)CCN2CCCC12.Fc1ccc(CCn2c3c(c4cc(Cl)cnc42)C2CCCN2CC3)cc1. The van der Waals surface area contributed by atoms with Gasteiger partial charge in [0.05, 0.1) is 27.2 Å². The maximum Gasteiger partial charge on any atom is 0.140 e. The molecule has 13 nitrogen and oxygen atoms in total. The molecule has 0 aliphatic carbocycles. The summed E-state index contributed by atoms with van der Waals surface area (Å²) in [7, 11) is 1.70. The second-order valence-corrected chi connectivity index (χ2v) is 31.7. The van der Waals surface area contributed by atoms with E-state index in [9.17, 15) is 4.39 Å². The third-order valence-corrected chi connectivity index (χ3v) is 24.8. The molecule has 8 aromatic heterocycles. The molecular formula is C85H88Cl5FN12O. The summed E-state index contributed by atoms with van der Waals surface area (Å²) in [6.07, 6.45) is 25.5. The zero-order chi connectivity index (χ0) is 70.5. The summed E-state index contributed by atoms with van der Waals surface area (Å²) in [5.41, 5.74) is 21.2. The van der Waals surface area contributed by atoms with Crippen molar-refractivity contribution < 1.29 is 9.13 Å². The lowest BCUT2D eigenvalue weighted by Gasteiger charge is -2.30. The van der Waals surface area contributed by atoms with Gasteiger partial charge in [-0.1, -0.05) is 125 Å². The molecule has 19 heteroatoms. The van der Waals surface area contributed by atoms with Crippen molar-refractivity contribution in [2.45, 2.75) is 153 Å². The van der Waals surface area contributed by atoms with Crippen LogP contribution in [0.25, 0.3) is 44.1 Å². The van der Waals surface area contributed by atoms with E-state index in [1.807, 2.05) is 36.4 Å². The molecule has 12 aromatic rings. The number of nitrogens with zero attached hydrogens (tertiary/aromatic N) is 12. The summed E-state index contributed by atoms with van der Waals surface area (Å²) in [6.45, 7) is 13.2. The summed E-state index contributed by atoms with van der Waals surface area (Å²) >= 11 is 31.2. The van der Waals surface area contributed by atoms with Gasteiger partial charge in [0.25, 0.3) is 0 Å². The van der Waals surface area contributed by atoms with E-state index in [1.54, 1.807) is 31.9 Å². The maximum absolute atomic E-state index is 13.2. The minimum Gasteiger partial charge on any atom is -0.497 e. The Morgan fingerprint density at radius 1 is 0.356 bits per heavy atom. The first-order chi connectivity index (χ1) is 51.0. The number of rotatable bonds is 13. The van der Waals surface area contributed by atoms with Crippen LogP contribution >= 0.6 is 58.0 Å². The van der Waals surface area contributed by atoms with Gasteiger partial charge in [-0.3, -0.25) is 19.6 Å². The largest absolute Gasteiger partial charge is 0.497 e. The van der Waals surface area contributed by atoms with Crippen molar-refractivity contribution in [3.05, 3.63) is 250 Å². The van der Waals surface area contributed by atoms with Gasteiger partial charge in [-0.25, -0.2) is 24.3 Å². The average Bonchev–Trinajstić information content (AvgIpc) is 1.61. The first-order valence-electron chi connectivity index (χ1n) is 37.7. The molecule has 8 aliphatic heterocycles. The summed E-state index contributed by atoms with van der Waals surface area (Å²) in [4.78, 5) is 29.4. The Labute approximate surface area is 633 Å². The first kappa shape index (κ1) is 69.7. The Kier molecular flexibility index (Phi) is 20.4. The molecule has 16 heterocycles. The molecule has 8 aliphatic rings. The van der Waals surface area contributed by atoms with E-state index in [0.717, 1.165) is 151 Å². The van der Waals surface area contributed by atoms with E-state index >= 15 is 0 Å². The predicted octanol–water partition coefficient (Wildman–Crippen LogP) is 19.3. The van der Waals surface area contributed by atoms with Crippen LogP contribution in [0.3, 0.4) is 0 Å². The van der Waals surface area contributed by atoms with Crippen molar-refractivity contribution in [1.29, 1.82) is 0 Å². The third kappa shape index (κ3) is 13.9. The minimum atomic E-state index is -0.185. The number of ether oxygens (including phenoxy) is 1. The van der Waals surface area contributed by atoms with Crippen molar-refractivity contribution >= 4 is 102 Å². The highest BCUT2D eigenvalue weighted by molar-refractivity contribution is 6.32. The van der Waals surface area contributed by atoms with E-state index in [4.69, 9.17) is 77.7 Å². The van der Waals surface area contributed by atoms with Gasteiger partial charge in [0, 0.05) is 176 Å². The number of halogens is 6. The summed E-state index contributed by atoms with van der Waals surface area (Å²) in [5, 5.41) is 8.67. The fourth-order valence-electron chi connectivity index (χ4n) is 19.0. The van der Waals surface area contributed by atoms with Crippen LogP contribution in [0.4, 0.5) is 4.39 Å². The van der Waals surface area contributed by atoms with Crippen molar-refractivity contribution in [2.24, 2.45) is 0 Å².